The minimum absolute atomic E-state index is 0.0528. The monoisotopic (exact) mass is 266 g/mol. The standard InChI is InChI=1S/C15H23FN2O/c1-14(2)7-4-8-15(14,10-17)18-13-9-11(19-3)5-6-12(13)16/h5-6,9,18H,4,7-8,10,17H2,1-3H3. The lowest BCUT2D eigenvalue weighted by Crippen LogP contribution is -2.53. The molecule has 0 amide bonds. The molecule has 0 heterocycles. The van der Waals surface area contributed by atoms with E-state index in [1.54, 1.807) is 19.2 Å². The predicted molar refractivity (Wildman–Crippen MR) is 76.0 cm³/mol. The maximum absolute atomic E-state index is 14.0. The summed E-state index contributed by atoms with van der Waals surface area (Å²) in [6, 6.07) is 4.74. The molecule has 1 saturated carbocycles. The summed E-state index contributed by atoms with van der Waals surface area (Å²) in [7, 11) is 1.58. The second kappa shape index (κ2) is 5.00. The van der Waals surface area contributed by atoms with E-state index in [0.29, 0.717) is 18.0 Å². The molecule has 3 nitrogen and oxygen atoms in total. The molecule has 3 N–H and O–H groups in total. The maximum Gasteiger partial charge on any atom is 0.146 e. The number of nitrogens with one attached hydrogen (secondary N) is 1. The zero-order valence-corrected chi connectivity index (χ0v) is 11.9. The molecule has 0 saturated heterocycles. The maximum atomic E-state index is 14.0. The van der Waals surface area contributed by atoms with Crippen LogP contribution in [0.4, 0.5) is 10.1 Å². The number of benzene rings is 1. The summed E-state index contributed by atoms with van der Waals surface area (Å²) < 4.78 is 19.1. The first-order valence-electron chi connectivity index (χ1n) is 6.76. The highest BCUT2D eigenvalue weighted by Crippen LogP contribution is 2.47. The summed E-state index contributed by atoms with van der Waals surface area (Å²) in [5.41, 5.74) is 6.27. The van der Waals surface area contributed by atoms with Crippen molar-refractivity contribution in [1.82, 2.24) is 0 Å². The molecule has 0 radical (unpaired) electrons. The molecule has 106 valence electrons. The van der Waals surface area contributed by atoms with Crippen molar-refractivity contribution >= 4 is 5.69 Å². The average Bonchev–Trinajstić information content (AvgIpc) is 2.68. The predicted octanol–water partition coefficient (Wildman–Crippen LogP) is 3.15. The lowest BCUT2D eigenvalue weighted by Gasteiger charge is -2.42. The molecule has 1 aliphatic rings. The number of ether oxygens (including phenoxy) is 1. The lowest BCUT2D eigenvalue weighted by atomic mass is 9.74. The van der Waals surface area contributed by atoms with Crippen LogP contribution in [0.3, 0.4) is 0 Å². The summed E-state index contributed by atoms with van der Waals surface area (Å²) in [4.78, 5) is 0. The lowest BCUT2D eigenvalue weighted by molar-refractivity contribution is 0.238. The fourth-order valence-corrected chi connectivity index (χ4v) is 3.06. The molecule has 1 unspecified atom stereocenters. The van der Waals surface area contributed by atoms with Gasteiger partial charge in [0.15, 0.2) is 0 Å². The second-order valence-corrected chi connectivity index (χ2v) is 5.99. The van der Waals surface area contributed by atoms with Gasteiger partial charge in [-0.1, -0.05) is 20.3 Å². The fourth-order valence-electron chi connectivity index (χ4n) is 3.06. The molecule has 0 bridgehead atoms. The van der Waals surface area contributed by atoms with Gasteiger partial charge in [-0.3, -0.25) is 0 Å². The number of hydrogen-bond acceptors (Lipinski definition) is 3. The highest BCUT2D eigenvalue weighted by atomic mass is 19.1. The molecule has 19 heavy (non-hydrogen) atoms. The molecule has 2 rings (SSSR count). The average molecular weight is 266 g/mol. The molecule has 1 aromatic rings. The molecular weight excluding hydrogens is 243 g/mol. The van der Waals surface area contributed by atoms with Crippen molar-refractivity contribution in [2.45, 2.75) is 38.6 Å². The largest absolute Gasteiger partial charge is 0.497 e. The third-order valence-corrected chi connectivity index (χ3v) is 4.60. The molecule has 0 aliphatic heterocycles. The Hall–Kier alpha value is -1.29. The normalized spacial score (nSPS) is 25.3. The van der Waals surface area contributed by atoms with Crippen LogP contribution in [0.1, 0.15) is 33.1 Å². The van der Waals surface area contributed by atoms with Gasteiger partial charge in [0, 0.05) is 12.6 Å². The van der Waals surface area contributed by atoms with E-state index in [2.05, 4.69) is 19.2 Å². The van der Waals surface area contributed by atoms with Gasteiger partial charge < -0.3 is 15.8 Å². The van der Waals surface area contributed by atoms with Crippen molar-refractivity contribution in [3.8, 4) is 5.75 Å². The molecule has 1 aliphatic carbocycles. The van der Waals surface area contributed by atoms with Gasteiger partial charge >= 0.3 is 0 Å². The third kappa shape index (κ3) is 2.41. The Morgan fingerprint density at radius 2 is 2.11 bits per heavy atom. The SMILES string of the molecule is COc1ccc(F)c(NC2(CN)CCCC2(C)C)c1. The Kier molecular flexibility index (Phi) is 3.72. The van der Waals surface area contributed by atoms with Crippen LogP contribution >= 0.6 is 0 Å². The van der Waals surface area contributed by atoms with E-state index in [-0.39, 0.29) is 16.8 Å². The smallest absolute Gasteiger partial charge is 0.146 e. The van der Waals surface area contributed by atoms with Crippen molar-refractivity contribution in [1.29, 1.82) is 0 Å². The van der Waals surface area contributed by atoms with Crippen LogP contribution in [0.15, 0.2) is 18.2 Å². The zero-order valence-electron chi connectivity index (χ0n) is 11.9. The number of rotatable bonds is 4. The van der Waals surface area contributed by atoms with Crippen molar-refractivity contribution in [2.24, 2.45) is 11.1 Å². The summed E-state index contributed by atoms with van der Waals surface area (Å²) in [5.74, 6) is 0.378. The van der Waals surface area contributed by atoms with Crippen LogP contribution in [0.2, 0.25) is 0 Å². The first kappa shape index (κ1) is 14.1. The van der Waals surface area contributed by atoms with Gasteiger partial charge in [0.2, 0.25) is 0 Å². The number of nitrogens with two attached hydrogens (primary N) is 1. The van der Waals surface area contributed by atoms with Crippen LogP contribution in [0, 0.1) is 11.2 Å². The highest BCUT2D eigenvalue weighted by molar-refractivity contribution is 5.52. The minimum Gasteiger partial charge on any atom is -0.497 e. The molecule has 1 fully saturated rings. The summed E-state index contributed by atoms with van der Waals surface area (Å²) in [6.07, 6.45) is 3.18. The topological polar surface area (TPSA) is 47.3 Å². The Morgan fingerprint density at radius 1 is 1.37 bits per heavy atom. The molecule has 1 atom stereocenters. The first-order chi connectivity index (χ1) is 8.94. The Morgan fingerprint density at radius 3 is 2.63 bits per heavy atom. The Bertz CT molecular complexity index is 461. The van der Waals surface area contributed by atoms with Crippen LogP contribution in [-0.2, 0) is 0 Å². The van der Waals surface area contributed by atoms with Crippen LogP contribution < -0.4 is 15.8 Å². The van der Waals surface area contributed by atoms with E-state index in [4.69, 9.17) is 10.5 Å². The van der Waals surface area contributed by atoms with Gasteiger partial charge in [0.25, 0.3) is 0 Å². The summed E-state index contributed by atoms with van der Waals surface area (Å²) >= 11 is 0. The second-order valence-electron chi connectivity index (χ2n) is 5.99. The van der Waals surface area contributed by atoms with Gasteiger partial charge in [-0.2, -0.15) is 0 Å². The zero-order chi connectivity index (χ0) is 14.1. The third-order valence-electron chi connectivity index (χ3n) is 4.60. The highest BCUT2D eigenvalue weighted by Gasteiger charge is 2.48. The van der Waals surface area contributed by atoms with Crippen molar-refractivity contribution in [3.63, 3.8) is 0 Å². The van der Waals surface area contributed by atoms with E-state index in [9.17, 15) is 4.39 Å². The van der Waals surface area contributed by atoms with E-state index < -0.39 is 0 Å². The first-order valence-corrected chi connectivity index (χ1v) is 6.76. The summed E-state index contributed by atoms with van der Waals surface area (Å²) in [6.45, 7) is 4.88. The van der Waals surface area contributed by atoms with Gasteiger partial charge in [-0.15, -0.1) is 0 Å². The number of anilines is 1. The van der Waals surface area contributed by atoms with Crippen molar-refractivity contribution < 1.29 is 9.13 Å². The number of hydrogen-bond donors (Lipinski definition) is 2. The van der Waals surface area contributed by atoms with Crippen molar-refractivity contribution in [3.05, 3.63) is 24.0 Å². The molecule has 0 spiro atoms. The van der Waals surface area contributed by atoms with Crippen LogP contribution in [0.25, 0.3) is 0 Å². The van der Waals surface area contributed by atoms with E-state index in [0.717, 1.165) is 19.3 Å². The quantitative estimate of drug-likeness (QED) is 0.880. The summed E-state index contributed by atoms with van der Waals surface area (Å²) in [5, 5.41) is 3.36. The van der Waals surface area contributed by atoms with Gasteiger partial charge in [0.05, 0.1) is 18.3 Å². The fraction of sp³-hybridized carbons (Fsp3) is 0.600. The van der Waals surface area contributed by atoms with Crippen LogP contribution in [0.5, 0.6) is 5.75 Å². The molecular formula is C15H23FN2O. The van der Waals surface area contributed by atoms with E-state index in [1.165, 1.54) is 6.07 Å². The molecule has 1 aromatic carbocycles. The van der Waals surface area contributed by atoms with E-state index in [1.807, 2.05) is 0 Å². The van der Waals surface area contributed by atoms with Gasteiger partial charge in [-0.05, 0) is 30.4 Å². The van der Waals surface area contributed by atoms with Gasteiger partial charge in [-0.25, -0.2) is 4.39 Å². The van der Waals surface area contributed by atoms with Crippen LogP contribution in [-0.4, -0.2) is 19.2 Å². The Labute approximate surface area is 114 Å². The molecule has 4 heteroatoms. The number of methoxy groups -OCH3 is 1. The number of halogens is 1. The minimum atomic E-state index is -0.267. The Balaban J connectivity index is 2.33. The van der Waals surface area contributed by atoms with Gasteiger partial charge in [0.1, 0.15) is 11.6 Å². The van der Waals surface area contributed by atoms with E-state index >= 15 is 0 Å². The molecule has 0 aromatic heterocycles. The van der Waals surface area contributed by atoms with Crippen molar-refractivity contribution in [2.75, 3.05) is 19.0 Å².